The standard InChI is InChI=1S/C23H27NO3.C2H6/c25-22-11-12-23(26-13-14-27-23)15-21(22)18-24(16-19-7-3-1-4-8-19)17-20-9-5-2-6-10-20;1-2/h1-10,21H,11-18H2;1-2H3. The van der Waals surface area contributed by atoms with Gasteiger partial charge in [0, 0.05) is 44.8 Å². The molecule has 1 saturated carbocycles. The van der Waals surface area contributed by atoms with Crippen LogP contribution in [-0.2, 0) is 27.4 Å². The number of hydrogen-bond donors (Lipinski definition) is 0. The smallest absolute Gasteiger partial charge is 0.169 e. The summed E-state index contributed by atoms with van der Waals surface area (Å²) >= 11 is 0. The summed E-state index contributed by atoms with van der Waals surface area (Å²) in [7, 11) is 0. The number of hydrogen-bond acceptors (Lipinski definition) is 4. The van der Waals surface area contributed by atoms with Crippen molar-refractivity contribution in [1.82, 2.24) is 4.90 Å². The van der Waals surface area contributed by atoms with Crippen LogP contribution < -0.4 is 0 Å². The number of ketones is 1. The molecule has 156 valence electrons. The van der Waals surface area contributed by atoms with Crippen LogP contribution >= 0.6 is 0 Å². The van der Waals surface area contributed by atoms with E-state index in [0.717, 1.165) is 19.6 Å². The van der Waals surface area contributed by atoms with Crippen LogP contribution in [-0.4, -0.2) is 36.2 Å². The molecule has 1 aliphatic carbocycles. The van der Waals surface area contributed by atoms with Crippen LogP contribution in [0.25, 0.3) is 0 Å². The third kappa shape index (κ3) is 5.99. The van der Waals surface area contributed by atoms with Gasteiger partial charge < -0.3 is 9.47 Å². The highest BCUT2D eigenvalue weighted by Gasteiger charge is 2.44. The number of rotatable bonds is 6. The first kappa shape index (κ1) is 21.7. The monoisotopic (exact) mass is 395 g/mol. The van der Waals surface area contributed by atoms with Gasteiger partial charge in [-0.25, -0.2) is 0 Å². The van der Waals surface area contributed by atoms with Crippen molar-refractivity contribution in [1.29, 1.82) is 0 Å². The van der Waals surface area contributed by atoms with E-state index in [-0.39, 0.29) is 5.92 Å². The van der Waals surface area contributed by atoms with Crippen molar-refractivity contribution in [2.45, 2.75) is 52.0 Å². The van der Waals surface area contributed by atoms with E-state index in [1.165, 1.54) is 11.1 Å². The molecule has 2 aromatic rings. The van der Waals surface area contributed by atoms with E-state index < -0.39 is 5.79 Å². The maximum Gasteiger partial charge on any atom is 0.169 e. The molecule has 0 aromatic heterocycles. The second-order valence-electron chi connectivity index (χ2n) is 7.62. The number of Topliss-reactive ketones (excluding diaryl/α,β-unsaturated/α-hetero) is 1. The highest BCUT2D eigenvalue weighted by Crippen LogP contribution is 2.37. The summed E-state index contributed by atoms with van der Waals surface area (Å²) < 4.78 is 11.8. The fourth-order valence-corrected chi connectivity index (χ4v) is 4.21. The largest absolute Gasteiger partial charge is 0.347 e. The lowest BCUT2D eigenvalue weighted by atomic mass is 9.83. The number of nitrogens with zero attached hydrogens (tertiary/aromatic N) is 1. The molecule has 29 heavy (non-hydrogen) atoms. The van der Waals surface area contributed by atoms with Crippen molar-refractivity contribution >= 4 is 5.78 Å². The van der Waals surface area contributed by atoms with Gasteiger partial charge in [0.15, 0.2) is 5.79 Å². The quantitative estimate of drug-likeness (QED) is 0.702. The zero-order valence-corrected chi connectivity index (χ0v) is 17.7. The number of carbonyl (C=O) groups is 1. The Kier molecular flexibility index (Phi) is 7.99. The van der Waals surface area contributed by atoms with E-state index in [0.29, 0.717) is 38.3 Å². The summed E-state index contributed by atoms with van der Waals surface area (Å²) in [6.45, 7) is 7.66. The van der Waals surface area contributed by atoms with E-state index in [9.17, 15) is 4.79 Å². The summed E-state index contributed by atoms with van der Waals surface area (Å²) in [4.78, 5) is 15.0. The Hall–Kier alpha value is -2.01. The molecule has 1 saturated heterocycles. The lowest BCUT2D eigenvalue weighted by Gasteiger charge is -2.37. The molecule has 0 radical (unpaired) electrons. The van der Waals surface area contributed by atoms with Gasteiger partial charge in [-0.15, -0.1) is 0 Å². The lowest BCUT2D eigenvalue weighted by Crippen LogP contribution is -2.44. The molecule has 1 unspecified atom stereocenters. The van der Waals surface area contributed by atoms with Gasteiger partial charge in [0.25, 0.3) is 0 Å². The molecule has 1 spiro atoms. The number of benzene rings is 2. The first-order chi connectivity index (χ1) is 14.2. The van der Waals surface area contributed by atoms with Gasteiger partial charge in [0.05, 0.1) is 13.2 Å². The van der Waals surface area contributed by atoms with Crippen molar-refractivity contribution in [3.05, 3.63) is 71.8 Å². The first-order valence-electron chi connectivity index (χ1n) is 10.8. The summed E-state index contributed by atoms with van der Waals surface area (Å²) in [6, 6.07) is 20.9. The summed E-state index contributed by atoms with van der Waals surface area (Å²) in [5.74, 6) is -0.223. The number of ether oxygens (including phenoxy) is 2. The Morgan fingerprint density at radius 2 is 1.41 bits per heavy atom. The van der Waals surface area contributed by atoms with Crippen LogP contribution in [0.5, 0.6) is 0 Å². The molecular weight excluding hydrogens is 362 g/mol. The van der Waals surface area contributed by atoms with Gasteiger partial charge >= 0.3 is 0 Å². The molecule has 4 heteroatoms. The Labute approximate surface area is 174 Å². The van der Waals surface area contributed by atoms with Crippen LogP contribution in [0, 0.1) is 5.92 Å². The van der Waals surface area contributed by atoms with Crippen molar-refractivity contribution in [2.24, 2.45) is 5.92 Å². The second kappa shape index (κ2) is 10.7. The average molecular weight is 396 g/mol. The highest BCUT2D eigenvalue weighted by molar-refractivity contribution is 5.82. The normalized spacial score (nSPS) is 20.5. The van der Waals surface area contributed by atoms with Crippen LogP contribution in [0.4, 0.5) is 0 Å². The molecule has 1 atom stereocenters. The van der Waals surface area contributed by atoms with Gasteiger partial charge in [0.1, 0.15) is 5.78 Å². The third-order valence-corrected chi connectivity index (χ3v) is 5.56. The number of carbonyl (C=O) groups excluding carboxylic acids is 1. The Morgan fingerprint density at radius 3 is 1.93 bits per heavy atom. The van der Waals surface area contributed by atoms with E-state index in [2.05, 4.69) is 53.4 Å². The molecule has 0 bridgehead atoms. The molecule has 2 aliphatic rings. The van der Waals surface area contributed by atoms with Crippen molar-refractivity contribution in [2.75, 3.05) is 19.8 Å². The molecule has 0 amide bonds. The van der Waals surface area contributed by atoms with E-state index in [1.54, 1.807) is 0 Å². The van der Waals surface area contributed by atoms with Gasteiger partial charge in [0.2, 0.25) is 0 Å². The fraction of sp³-hybridized carbons (Fsp3) is 0.480. The highest BCUT2D eigenvalue weighted by atomic mass is 16.7. The third-order valence-electron chi connectivity index (χ3n) is 5.56. The summed E-state index contributed by atoms with van der Waals surface area (Å²) in [6.07, 6.45) is 1.92. The van der Waals surface area contributed by atoms with Crippen LogP contribution in [0.1, 0.15) is 44.2 Å². The minimum atomic E-state index is -0.524. The molecule has 4 nitrogen and oxygen atoms in total. The zero-order chi connectivity index (χ0) is 20.5. The van der Waals surface area contributed by atoms with Crippen LogP contribution in [0.15, 0.2) is 60.7 Å². The van der Waals surface area contributed by atoms with Gasteiger partial charge in [-0.2, -0.15) is 0 Å². The van der Waals surface area contributed by atoms with Gasteiger partial charge in [-0.3, -0.25) is 9.69 Å². The molecular formula is C25H33NO3. The van der Waals surface area contributed by atoms with Crippen molar-refractivity contribution in [3.8, 4) is 0 Å². The Morgan fingerprint density at radius 1 is 0.897 bits per heavy atom. The molecule has 4 rings (SSSR count). The maximum absolute atomic E-state index is 12.6. The van der Waals surface area contributed by atoms with Crippen molar-refractivity contribution in [3.63, 3.8) is 0 Å². The van der Waals surface area contributed by atoms with Crippen LogP contribution in [0.2, 0.25) is 0 Å². The van der Waals surface area contributed by atoms with Crippen molar-refractivity contribution < 1.29 is 14.3 Å². The van der Waals surface area contributed by atoms with E-state index in [4.69, 9.17) is 9.47 Å². The second-order valence-corrected chi connectivity index (χ2v) is 7.62. The molecule has 2 fully saturated rings. The fourth-order valence-electron chi connectivity index (χ4n) is 4.21. The maximum atomic E-state index is 12.6. The molecule has 1 heterocycles. The van der Waals surface area contributed by atoms with Gasteiger partial charge in [-0.05, 0) is 11.1 Å². The predicted octanol–water partition coefficient (Wildman–Crippen LogP) is 4.83. The summed E-state index contributed by atoms with van der Waals surface area (Å²) in [5.41, 5.74) is 2.53. The zero-order valence-electron chi connectivity index (χ0n) is 17.7. The van der Waals surface area contributed by atoms with E-state index in [1.807, 2.05) is 26.0 Å². The van der Waals surface area contributed by atoms with Gasteiger partial charge in [-0.1, -0.05) is 74.5 Å². The Bertz CT molecular complexity index is 700. The van der Waals surface area contributed by atoms with Crippen LogP contribution in [0.3, 0.4) is 0 Å². The minimum Gasteiger partial charge on any atom is -0.347 e. The first-order valence-corrected chi connectivity index (χ1v) is 10.8. The average Bonchev–Trinajstić information content (AvgIpc) is 3.22. The predicted molar refractivity (Wildman–Crippen MR) is 115 cm³/mol. The molecule has 1 aliphatic heterocycles. The SMILES string of the molecule is CC.O=C1CCC2(CC1CN(Cc1ccccc1)Cc1ccccc1)OCCO2. The molecule has 0 N–H and O–H groups in total. The lowest BCUT2D eigenvalue weighted by molar-refractivity contribution is -0.190. The minimum absolute atomic E-state index is 0.0377. The summed E-state index contributed by atoms with van der Waals surface area (Å²) in [5, 5.41) is 0. The Balaban J connectivity index is 0.00000117. The molecule has 2 aromatic carbocycles. The van der Waals surface area contributed by atoms with E-state index >= 15 is 0 Å². The topological polar surface area (TPSA) is 38.8 Å².